The van der Waals surface area contributed by atoms with E-state index in [1.807, 2.05) is 0 Å². The molecule has 2 aromatic carbocycles. The van der Waals surface area contributed by atoms with Crippen LogP contribution in [0.25, 0.3) is 0 Å². The van der Waals surface area contributed by atoms with Crippen molar-refractivity contribution in [3.63, 3.8) is 0 Å². The molecule has 0 amide bonds. The highest BCUT2D eigenvalue weighted by atomic mass is 79.9. The number of ether oxygens (including phenoxy) is 2. The van der Waals surface area contributed by atoms with Crippen molar-refractivity contribution in [1.29, 1.82) is 0 Å². The third kappa shape index (κ3) is 3.78. The second-order valence-electron chi connectivity index (χ2n) is 4.40. The number of benzene rings is 2. The van der Waals surface area contributed by atoms with Gasteiger partial charge in [0, 0.05) is 28.9 Å². The minimum atomic E-state index is -0.571. The molecular formula is C15H12BrN2O5-. The Bertz CT molecular complexity index is 777. The molecular weight excluding hydrogens is 368 g/mol. The number of nitrogens with zero attached hydrogens (tertiary/aromatic N) is 2. The predicted molar refractivity (Wildman–Crippen MR) is 87.0 cm³/mol. The van der Waals surface area contributed by atoms with E-state index >= 15 is 0 Å². The normalized spacial score (nSPS) is 10.7. The van der Waals surface area contributed by atoms with E-state index in [-0.39, 0.29) is 21.5 Å². The summed E-state index contributed by atoms with van der Waals surface area (Å²) in [7, 11) is 3.02. The number of hydrogen-bond donors (Lipinski definition) is 0. The molecule has 2 aromatic rings. The van der Waals surface area contributed by atoms with Gasteiger partial charge in [-0.25, -0.2) is 0 Å². The molecule has 0 saturated carbocycles. The van der Waals surface area contributed by atoms with Gasteiger partial charge in [0.25, 0.3) is 5.69 Å². The monoisotopic (exact) mass is 379 g/mol. The van der Waals surface area contributed by atoms with E-state index < -0.39 is 4.92 Å². The molecule has 0 atom stereocenters. The second kappa shape index (κ2) is 7.10. The number of hydrogen-bond acceptors (Lipinski definition) is 6. The average Bonchev–Trinajstić information content (AvgIpc) is 2.55. The minimum Gasteiger partial charge on any atom is -0.871 e. The number of nitro groups is 1. The number of nitro benzene ring substituents is 1. The summed E-state index contributed by atoms with van der Waals surface area (Å²) in [6, 6.07) is 7.32. The maximum absolute atomic E-state index is 12.0. The Morgan fingerprint density at radius 1 is 1.17 bits per heavy atom. The Labute approximate surface area is 140 Å². The lowest BCUT2D eigenvalue weighted by atomic mass is 10.2. The van der Waals surface area contributed by atoms with Crippen LogP contribution in [-0.4, -0.2) is 25.4 Å². The molecule has 0 aliphatic carbocycles. The SMILES string of the molecule is COc1ccc(N=Cc2cc([N+](=O)[O-])cc(Br)c2[O-])cc1OC. The third-order valence-electron chi connectivity index (χ3n) is 2.99. The number of rotatable bonds is 5. The molecule has 0 N–H and O–H groups in total. The summed E-state index contributed by atoms with van der Waals surface area (Å²) in [5.41, 5.74) is 0.441. The van der Waals surface area contributed by atoms with Crippen LogP contribution in [0.15, 0.2) is 39.8 Å². The molecule has 2 rings (SSSR count). The fourth-order valence-corrected chi connectivity index (χ4v) is 2.31. The van der Waals surface area contributed by atoms with Crippen molar-refractivity contribution in [3.05, 3.63) is 50.5 Å². The molecule has 0 fully saturated rings. The van der Waals surface area contributed by atoms with Gasteiger partial charge in [-0.2, -0.15) is 0 Å². The summed E-state index contributed by atoms with van der Waals surface area (Å²) in [6.45, 7) is 0. The standard InChI is InChI=1S/C15H13BrN2O5/c1-22-13-4-3-10(6-14(13)23-2)17-8-9-5-11(18(20)21)7-12(16)15(9)19/h3-8,19H,1-2H3/p-1. The number of methoxy groups -OCH3 is 2. The van der Waals surface area contributed by atoms with E-state index in [2.05, 4.69) is 20.9 Å². The summed E-state index contributed by atoms with van der Waals surface area (Å²) in [6.07, 6.45) is 1.28. The quantitative estimate of drug-likeness (QED) is 0.451. The Morgan fingerprint density at radius 3 is 2.48 bits per heavy atom. The molecule has 0 unspecified atom stereocenters. The summed E-state index contributed by atoms with van der Waals surface area (Å²) in [5.74, 6) is 0.665. The predicted octanol–water partition coefficient (Wildman–Crippen LogP) is 3.20. The molecule has 0 radical (unpaired) electrons. The lowest BCUT2D eigenvalue weighted by molar-refractivity contribution is -0.385. The zero-order valence-electron chi connectivity index (χ0n) is 12.3. The van der Waals surface area contributed by atoms with Crippen LogP contribution in [0.3, 0.4) is 0 Å². The van der Waals surface area contributed by atoms with Crippen molar-refractivity contribution in [2.45, 2.75) is 0 Å². The fraction of sp³-hybridized carbons (Fsp3) is 0.133. The Kier molecular flexibility index (Phi) is 5.17. The van der Waals surface area contributed by atoms with Gasteiger partial charge in [0.1, 0.15) is 0 Å². The van der Waals surface area contributed by atoms with E-state index in [1.165, 1.54) is 26.5 Å². The van der Waals surface area contributed by atoms with Crippen LogP contribution in [0.4, 0.5) is 11.4 Å². The third-order valence-corrected chi connectivity index (χ3v) is 3.58. The van der Waals surface area contributed by atoms with Crippen LogP contribution < -0.4 is 14.6 Å². The largest absolute Gasteiger partial charge is 0.871 e. The van der Waals surface area contributed by atoms with E-state index in [0.717, 1.165) is 6.07 Å². The second-order valence-corrected chi connectivity index (χ2v) is 5.25. The lowest BCUT2D eigenvalue weighted by Crippen LogP contribution is -1.99. The lowest BCUT2D eigenvalue weighted by Gasteiger charge is -2.12. The molecule has 120 valence electrons. The van der Waals surface area contributed by atoms with Crippen LogP contribution in [0, 0.1) is 10.1 Å². The van der Waals surface area contributed by atoms with Gasteiger partial charge in [-0.1, -0.05) is 21.7 Å². The van der Waals surface area contributed by atoms with E-state index in [1.54, 1.807) is 18.2 Å². The van der Waals surface area contributed by atoms with E-state index in [0.29, 0.717) is 17.2 Å². The van der Waals surface area contributed by atoms with Gasteiger partial charge < -0.3 is 14.6 Å². The molecule has 0 bridgehead atoms. The zero-order chi connectivity index (χ0) is 17.0. The van der Waals surface area contributed by atoms with Crippen molar-refractivity contribution in [2.75, 3.05) is 14.2 Å². The Morgan fingerprint density at radius 2 is 1.87 bits per heavy atom. The zero-order valence-corrected chi connectivity index (χ0v) is 13.9. The minimum absolute atomic E-state index is 0.112. The summed E-state index contributed by atoms with van der Waals surface area (Å²) >= 11 is 3.02. The number of aliphatic imine (C=N–C) groups is 1. The van der Waals surface area contributed by atoms with Gasteiger partial charge in [-0.15, -0.1) is 0 Å². The highest BCUT2D eigenvalue weighted by molar-refractivity contribution is 9.10. The van der Waals surface area contributed by atoms with Gasteiger partial charge in [0.2, 0.25) is 0 Å². The maximum atomic E-state index is 12.0. The maximum Gasteiger partial charge on any atom is 0.271 e. The highest BCUT2D eigenvalue weighted by Gasteiger charge is 2.09. The molecule has 0 aromatic heterocycles. The van der Waals surface area contributed by atoms with Gasteiger partial charge in [0.05, 0.1) is 24.8 Å². The van der Waals surface area contributed by atoms with Crippen molar-refractivity contribution in [2.24, 2.45) is 4.99 Å². The topological polar surface area (TPSA) is 97.0 Å². The van der Waals surface area contributed by atoms with Crippen molar-refractivity contribution in [3.8, 4) is 17.2 Å². The number of halogens is 1. The molecule has 8 heteroatoms. The van der Waals surface area contributed by atoms with Crippen LogP contribution >= 0.6 is 15.9 Å². The molecule has 0 saturated heterocycles. The Balaban J connectivity index is 2.38. The Hall–Kier alpha value is -2.61. The average molecular weight is 380 g/mol. The van der Waals surface area contributed by atoms with Gasteiger partial charge >= 0.3 is 0 Å². The van der Waals surface area contributed by atoms with Gasteiger partial charge in [-0.05, 0) is 17.7 Å². The van der Waals surface area contributed by atoms with Crippen LogP contribution in [0.5, 0.6) is 17.2 Å². The molecule has 0 aliphatic rings. The molecule has 0 heterocycles. The van der Waals surface area contributed by atoms with E-state index in [9.17, 15) is 15.2 Å². The first-order valence-corrected chi connectivity index (χ1v) is 7.16. The van der Waals surface area contributed by atoms with Crippen LogP contribution in [0.2, 0.25) is 0 Å². The molecule has 7 nitrogen and oxygen atoms in total. The summed E-state index contributed by atoms with van der Waals surface area (Å²) in [5, 5.41) is 22.8. The van der Waals surface area contributed by atoms with E-state index in [4.69, 9.17) is 9.47 Å². The molecule has 0 aliphatic heterocycles. The van der Waals surface area contributed by atoms with Crippen molar-refractivity contribution < 1.29 is 19.5 Å². The van der Waals surface area contributed by atoms with Gasteiger partial charge in [0.15, 0.2) is 11.5 Å². The van der Waals surface area contributed by atoms with Crippen LogP contribution in [-0.2, 0) is 0 Å². The van der Waals surface area contributed by atoms with Crippen molar-refractivity contribution in [1.82, 2.24) is 0 Å². The first kappa shape index (κ1) is 16.8. The molecule has 0 spiro atoms. The molecule has 23 heavy (non-hydrogen) atoms. The first-order chi connectivity index (χ1) is 11.0. The van der Waals surface area contributed by atoms with Crippen molar-refractivity contribution >= 4 is 33.5 Å². The first-order valence-electron chi connectivity index (χ1n) is 6.37. The summed E-state index contributed by atoms with van der Waals surface area (Å²) < 4.78 is 10.4. The fourth-order valence-electron chi connectivity index (χ4n) is 1.85. The smallest absolute Gasteiger partial charge is 0.271 e. The highest BCUT2D eigenvalue weighted by Crippen LogP contribution is 2.32. The van der Waals surface area contributed by atoms with Crippen LogP contribution in [0.1, 0.15) is 5.56 Å². The summed E-state index contributed by atoms with van der Waals surface area (Å²) in [4.78, 5) is 14.4. The van der Waals surface area contributed by atoms with Gasteiger partial charge in [-0.3, -0.25) is 15.1 Å². The number of non-ortho nitro benzene ring substituents is 1.